The van der Waals surface area contributed by atoms with Gasteiger partial charge in [0.15, 0.2) is 0 Å². The molecule has 0 saturated heterocycles. The van der Waals surface area contributed by atoms with E-state index < -0.39 is 12.7 Å². The normalized spacial score (nSPS) is 11.8. The molecule has 0 saturated carbocycles. The standard InChI is InChI=1S/C8H11ClF3N3O/c1-2-15(5-8(10,11)12)7-14-13-6(16-7)3-4-9/h2-5H2,1H3. The summed E-state index contributed by atoms with van der Waals surface area (Å²) in [7, 11) is 0. The minimum atomic E-state index is -4.29. The highest BCUT2D eigenvalue weighted by molar-refractivity contribution is 6.17. The van der Waals surface area contributed by atoms with E-state index in [0.29, 0.717) is 6.42 Å². The number of rotatable bonds is 5. The second-order valence-corrected chi connectivity index (χ2v) is 3.42. The fourth-order valence-corrected chi connectivity index (χ4v) is 1.25. The van der Waals surface area contributed by atoms with Gasteiger partial charge >= 0.3 is 12.2 Å². The third-order valence-corrected chi connectivity index (χ3v) is 1.98. The zero-order chi connectivity index (χ0) is 12.2. The molecule has 0 N–H and O–H groups in total. The fraction of sp³-hybridized carbons (Fsp3) is 0.750. The Bertz CT molecular complexity index is 329. The summed E-state index contributed by atoms with van der Waals surface area (Å²) in [6.45, 7) is 0.616. The van der Waals surface area contributed by atoms with E-state index >= 15 is 0 Å². The number of halogens is 4. The zero-order valence-corrected chi connectivity index (χ0v) is 9.35. The van der Waals surface area contributed by atoms with Gasteiger partial charge in [0.05, 0.1) is 0 Å². The maximum Gasteiger partial charge on any atom is 0.406 e. The van der Waals surface area contributed by atoms with E-state index in [4.69, 9.17) is 16.0 Å². The van der Waals surface area contributed by atoms with E-state index in [1.807, 2.05) is 0 Å². The van der Waals surface area contributed by atoms with Gasteiger partial charge in [0, 0.05) is 18.8 Å². The summed E-state index contributed by atoms with van der Waals surface area (Å²) >= 11 is 5.44. The topological polar surface area (TPSA) is 42.2 Å². The predicted octanol–water partition coefficient (Wildman–Crippen LogP) is 2.24. The molecule has 0 fully saturated rings. The Morgan fingerprint density at radius 2 is 2.06 bits per heavy atom. The quantitative estimate of drug-likeness (QED) is 0.759. The van der Waals surface area contributed by atoms with Crippen LogP contribution >= 0.6 is 11.6 Å². The van der Waals surface area contributed by atoms with E-state index in [0.717, 1.165) is 4.90 Å². The van der Waals surface area contributed by atoms with Gasteiger partial charge in [0.25, 0.3) is 0 Å². The molecule has 0 bridgehead atoms. The molecule has 92 valence electrons. The van der Waals surface area contributed by atoms with E-state index in [1.54, 1.807) is 6.92 Å². The molecule has 1 aromatic rings. The lowest BCUT2D eigenvalue weighted by Gasteiger charge is -2.19. The van der Waals surface area contributed by atoms with Crippen molar-refractivity contribution in [2.45, 2.75) is 19.5 Å². The second kappa shape index (κ2) is 5.38. The maximum atomic E-state index is 12.2. The highest BCUT2D eigenvalue weighted by Gasteiger charge is 2.32. The summed E-state index contributed by atoms with van der Waals surface area (Å²) < 4.78 is 41.6. The van der Waals surface area contributed by atoms with Crippen molar-refractivity contribution in [2.75, 3.05) is 23.9 Å². The van der Waals surface area contributed by atoms with Crippen LogP contribution in [0, 0.1) is 0 Å². The van der Waals surface area contributed by atoms with Crippen LogP contribution in [0.4, 0.5) is 19.2 Å². The molecule has 8 heteroatoms. The van der Waals surface area contributed by atoms with Crippen LogP contribution in [0.1, 0.15) is 12.8 Å². The summed E-state index contributed by atoms with van der Waals surface area (Å²) in [5, 5.41) is 7.14. The van der Waals surface area contributed by atoms with Crippen LogP contribution in [0.5, 0.6) is 0 Å². The number of nitrogens with zero attached hydrogens (tertiary/aromatic N) is 3. The number of aryl methyl sites for hydroxylation is 1. The lowest BCUT2D eigenvalue weighted by molar-refractivity contribution is -0.120. The van der Waals surface area contributed by atoms with Gasteiger partial charge in [-0.15, -0.1) is 16.7 Å². The molecule has 0 aromatic carbocycles. The Morgan fingerprint density at radius 3 is 2.56 bits per heavy atom. The molecule has 0 aliphatic heterocycles. The molecule has 1 rings (SSSR count). The molecular formula is C8H11ClF3N3O. The van der Waals surface area contributed by atoms with E-state index in [2.05, 4.69) is 10.2 Å². The van der Waals surface area contributed by atoms with Crippen molar-refractivity contribution in [3.05, 3.63) is 5.89 Å². The molecule has 0 radical (unpaired) electrons. The summed E-state index contributed by atoms with van der Waals surface area (Å²) in [5.41, 5.74) is 0. The summed E-state index contributed by atoms with van der Waals surface area (Å²) in [5.74, 6) is 0.526. The van der Waals surface area contributed by atoms with Crippen LogP contribution in [0.25, 0.3) is 0 Å². The molecular weight excluding hydrogens is 247 g/mol. The molecule has 0 aliphatic carbocycles. The molecule has 0 atom stereocenters. The Labute approximate surface area is 95.4 Å². The first-order chi connectivity index (χ1) is 7.46. The Kier molecular flexibility index (Phi) is 4.40. The summed E-state index contributed by atoms with van der Waals surface area (Å²) in [6, 6.07) is -0.125. The molecule has 0 unspecified atom stereocenters. The highest BCUT2D eigenvalue weighted by Crippen LogP contribution is 2.21. The Morgan fingerprint density at radius 1 is 1.38 bits per heavy atom. The fourth-order valence-electron chi connectivity index (χ4n) is 1.09. The summed E-state index contributed by atoms with van der Waals surface area (Å²) in [6.07, 6.45) is -3.95. The first-order valence-electron chi connectivity index (χ1n) is 4.66. The minimum Gasteiger partial charge on any atom is -0.408 e. The SMILES string of the molecule is CCN(CC(F)(F)F)c1nnc(CCCl)o1. The van der Waals surface area contributed by atoms with Crippen molar-refractivity contribution in [1.82, 2.24) is 10.2 Å². The van der Waals surface area contributed by atoms with Gasteiger partial charge in [-0.3, -0.25) is 0 Å². The first kappa shape index (κ1) is 13.1. The largest absolute Gasteiger partial charge is 0.408 e. The monoisotopic (exact) mass is 257 g/mol. The van der Waals surface area contributed by atoms with Crippen molar-refractivity contribution < 1.29 is 17.6 Å². The first-order valence-corrected chi connectivity index (χ1v) is 5.19. The van der Waals surface area contributed by atoms with Crippen LogP contribution in [-0.4, -0.2) is 35.3 Å². The van der Waals surface area contributed by atoms with Crippen molar-refractivity contribution >= 4 is 17.6 Å². The van der Waals surface area contributed by atoms with Gasteiger partial charge in [-0.2, -0.15) is 13.2 Å². The van der Waals surface area contributed by atoms with E-state index in [1.165, 1.54) is 0 Å². The van der Waals surface area contributed by atoms with Crippen molar-refractivity contribution in [1.29, 1.82) is 0 Å². The zero-order valence-electron chi connectivity index (χ0n) is 8.59. The van der Waals surface area contributed by atoms with Gasteiger partial charge in [-0.1, -0.05) is 5.10 Å². The van der Waals surface area contributed by atoms with Gasteiger partial charge in [-0.25, -0.2) is 0 Å². The molecule has 4 nitrogen and oxygen atoms in total. The van der Waals surface area contributed by atoms with Crippen LogP contribution in [0.3, 0.4) is 0 Å². The van der Waals surface area contributed by atoms with Crippen LogP contribution in [0.15, 0.2) is 4.42 Å². The van der Waals surface area contributed by atoms with Gasteiger partial charge in [0.2, 0.25) is 5.89 Å². The maximum absolute atomic E-state index is 12.2. The number of hydrogen-bond acceptors (Lipinski definition) is 4. The summed E-state index contributed by atoms with van der Waals surface area (Å²) in [4.78, 5) is 0.963. The minimum absolute atomic E-state index is 0.125. The number of anilines is 1. The van der Waals surface area contributed by atoms with Gasteiger partial charge in [0.1, 0.15) is 6.54 Å². The van der Waals surface area contributed by atoms with E-state index in [9.17, 15) is 13.2 Å². The Hall–Kier alpha value is -0.980. The second-order valence-electron chi connectivity index (χ2n) is 3.05. The lowest BCUT2D eigenvalue weighted by Crippen LogP contribution is -2.34. The molecule has 0 amide bonds. The van der Waals surface area contributed by atoms with Gasteiger partial charge < -0.3 is 9.32 Å². The average Bonchev–Trinajstić information content (AvgIpc) is 2.62. The van der Waals surface area contributed by atoms with E-state index in [-0.39, 0.29) is 24.3 Å². The van der Waals surface area contributed by atoms with Crippen LogP contribution in [-0.2, 0) is 6.42 Å². The van der Waals surface area contributed by atoms with Crippen molar-refractivity contribution in [2.24, 2.45) is 0 Å². The average molecular weight is 258 g/mol. The van der Waals surface area contributed by atoms with Gasteiger partial charge in [-0.05, 0) is 6.92 Å². The molecule has 1 aromatic heterocycles. The van der Waals surface area contributed by atoms with Crippen LogP contribution in [0.2, 0.25) is 0 Å². The lowest BCUT2D eigenvalue weighted by atomic mass is 10.5. The third-order valence-electron chi connectivity index (χ3n) is 1.79. The smallest absolute Gasteiger partial charge is 0.406 e. The molecule has 0 spiro atoms. The number of aromatic nitrogens is 2. The molecule has 1 heterocycles. The third kappa shape index (κ3) is 3.88. The molecule has 0 aliphatic rings. The molecule has 16 heavy (non-hydrogen) atoms. The number of hydrogen-bond donors (Lipinski definition) is 0. The highest BCUT2D eigenvalue weighted by atomic mass is 35.5. The Balaban J connectivity index is 2.71. The van der Waals surface area contributed by atoms with Crippen molar-refractivity contribution in [3.63, 3.8) is 0 Å². The van der Waals surface area contributed by atoms with Crippen LogP contribution < -0.4 is 4.90 Å². The van der Waals surface area contributed by atoms with Crippen molar-refractivity contribution in [3.8, 4) is 0 Å². The number of alkyl halides is 4. The predicted molar refractivity (Wildman–Crippen MR) is 52.7 cm³/mol.